The largest absolute Gasteiger partial charge is 0.439 e. The highest BCUT2D eigenvalue weighted by molar-refractivity contribution is 6.04. The maximum absolute atomic E-state index is 12.6. The normalized spacial score (nSPS) is 10.5. The van der Waals surface area contributed by atoms with E-state index >= 15 is 0 Å². The Hall–Kier alpha value is -4.33. The van der Waals surface area contributed by atoms with Gasteiger partial charge in [-0.15, -0.1) is 0 Å². The van der Waals surface area contributed by atoms with Crippen LogP contribution in [0, 0.1) is 10.1 Å². The Bertz CT molecular complexity index is 1210. The summed E-state index contributed by atoms with van der Waals surface area (Å²) in [5.41, 5.74) is 0.881. The van der Waals surface area contributed by atoms with Crippen molar-refractivity contribution in [2.75, 3.05) is 5.32 Å². The molecular weight excluding hydrogens is 372 g/mol. The van der Waals surface area contributed by atoms with Crippen LogP contribution in [0.25, 0.3) is 10.9 Å². The summed E-state index contributed by atoms with van der Waals surface area (Å²) < 4.78 is 5.65. The second-order valence-electron chi connectivity index (χ2n) is 6.08. The van der Waals surface area contributed by atoms with Crippen LogP contribution in [0.1, 0.15) is 10.4 Å². The Morgan fingerprint density at radius 1 is 1.00 bits per heavy atom. The molecule has 0 fully saturated rings. The zero-order valence-corrected chi connectivity index (χ0v) is 15.0. The average Bonchev–Trinajstić information content (AvgIpc) is 2.74. The molecule has 142 valence electrons. The molecular formula is C21H14N4O4. The third kappa shape index (κ3) is 4.16. The minimum absolute atomic E-state index is 0.0150. The Labute approximate surface area is 165 Å². The monoisotopic (exact) mass is 386 g/mol. The van der Waals surface area contributed by atoms with Gasteiger partial charge in [-0.2, -0.15) is 0 Å². The van der Waals surface area contributed by atoms with Gasteiger partial charge in [0.25, 0.3) is 11.6 Å². The maximum Gasteiger partial charge on any atom is 0.270 e. The van der Waals surface area contributed by atoms with Crippen molar-refractivity contribution in [1.82, 2.24) is 9.97 Å². The molecule has 29 heavy (non-hydrogen) atoms. The summed E-state index contributed by atoms with van der Waals surface area (Å²) in [5.74, 6) is 0.864. The highest BCUT2D eigenvalue weighted by Gasteiger charge is 2.11. The lowest BCUT2D eigenvalue weighted by Crippen LogP contribution is -2.13. The fourth-order valence-electron chi connectivity index (χ4n) is 2.70. The van der Waals surface area contributed by atoms with Gasteiger partial charge in [0.1, 0.15) is 11.6 Å². The topological polar surface area (TPSA) is 107 Å². The molecule has 0 spiro atoms. The van der Waals surface area contributed by atoms with E-state index in [1.807, 2.05) is 18.2 Å². The van der Waals surface area contributed by atoms with Crippen molar-refractivity contribution in [2.24, 2.45) is 0 Å². The van der Waals surface area contributed by atoms with Gasteiger partial charge < -0.3 is 10.1 Å². The molecule has 0 unspecified atom stereocenters. The smallest absolute Gasteiger partial charge is 0.270 e. The quantitative estimate of drug-likeness (QED) is 0.397. The molecule has 2 aromatic carbocycles. The third-order valence-corrected chi connectivity index (χ3v) is 4.09. The Balaban J connectivity index is 1.52. The standard InChI is InChI=1S/C21H14N4O4/c26-21(15-10-11-22-20(13-15)29-17-4-2-1-3-5-17)24-19-9-6-14-12-16(25(27)28)7-8-18(14)23-19/h1-13H,(H,23,24,26). The predicted molar refractivity (Wildman–Crippen MR) is 107 cm³/mol. The fraction of sp³-hybridized carbons (Fsp3) is 0. The van der Waals surface area contributed by atoms with Crippen LogP contribution in [0.4, 0.5) is 11.5 Å². The van der Waals surface area contributed by atoms with Crippen LogP contribution < -0.4 is 10.1 Å². The number of carbonyl (C=O) groups is 1. The molecule has 0 atom stereocenters. The van der Waals surface area contributed by atoms with Gasteiger partial charge in [0.05, 0.1) is 10.4 Å². The van der Waals surface area contributed by atoms with E-state index in [2.05, 4.69) is 15.3 Å². The second kappa shape index (κ2) is 7.73. The van der Waals surface area contributed by atoms with Crippen molar-refractivity contribution in [2.45, 2.75) is 0 Å². The van der Waals surface area contributed by atoms with E-state index in [1.54, 1.807) is 36.4 Å². The average molecular weight is 386 g/mol. The second-order valence-corrected chi connectivity index (χ2v) is 6.08. The number of fused-ring (bicyclic) bond motifs is 1. The van der Waals surface area contributed by atoms with Crippen molar-refractivity contribution in [3.8, 4) is 11.6 Å². The number of hydrogen-bond donors (Lipinski definition) is 1. The van der Waals surface area contributed by atoms with Crippen molar-refractivity contribution in [1.29, 1.82) is 0 Å². The lowest BCUT2D eigenvalue weighted by atomic mass is 10.2. The number of nitrogens with one attached hydrogen (secondary N) is 1. The molecule has 0 aliphatic carbocycles. The molecule has 4 rings (SSSR count). The van der Waals surface area contributed by atoms with E-state index in [0.717, 1.165) is 0 Å². The molecule has 4 aromatic rings. The number of ether oxygens (including phenoxy) is 1. The molecule has 2 aromatic heterocycles. The first-order chi connectivity index (χ1) is 14.1. The number of aromatic nitrogens is 2. The number of para-hydroxylation sites is 1. The van der Waals surface area contributed by atoms with Gasteiger partial charge >= 0.3 is 0 Å². The molecule has 2 heterocycles. The highest BCUT2D eigenvalue weighted by atomic mass is 16.6. The van der Waals surface area contributed by atoms with Crippen LogP contribution in [0.2, 0.25) is 0 Å². The molecule has 0 bridgehead atoms. The SMILES string of the molecule is O=C(Nc1ccc2cc([N+](=O)[O-])ccc2n1)c1ccnc(Oc2ccccc2)c1. The van der Waals surface area contributed by atoms with Gasteiger partial charge in [-0.05, 0) is 36.4 Å². The van der Waals surface area contributed by atoms with E-state index in [0.29, 0.717) is 33.9 Å². The number of pyridine rings is 2. The van der Waals surface area contributed by atoms with Crippen LogP contribution in [0.3, 0.4) is 0 Å². The van der Waals surface area contributed by atoms with Crippen LogP contribution in [-0.2, 0) is 0 Å². The molecule has 0 radical (unpaired) electrons. The lowest BCUT2D eigenvalue weighted by molar-refractivity contribution is -0.384. The number of anilines is 1. The predicted octanol–water partition coefficient (Wildman–Crippen LogP) is 4.58. The fourth-order valence-corrected chi connectivity index (χ4v) is 2.70. The molecule has 1 N–H and O–H groups in total. The first-order valence-electron chi connectivity index (χ1n) is 8.64. The molecule has 0 saturated carbocycles. The molecule has 0 aliphatic heterocycles. The Morgan fingerprint density at radius 2 is 1.83 bits per heavy atom. The summed E-state index contributed by atoms with van der Waals surface area (Å²) >= 11 is 0. The van der Waals surface area contributed by atoms with Crippen molar-refractivity contribution >= 4 is 28.3 Å². The summed E-state index contributed by atoms with van der Waals surface area (Å²) in [6.07, 6.45) is 1.49. The number of nitro benzene ring substituents is 1. The van der Waals surface area contributed by atoms with E-state index in [-0.39, 0.29) is 11.6 Å². The van der Waals surface area contributed by atoms with Crippen molar-refractivity contribution in [3.63, 3.8) is 0 Å². The number of benzene rings is 2. The Kier molecular flexibility index (Phi) is 4.81. The van der Waals surface area contributed by atoms with Gasteiger partial charge in [-0.3, -0.25) is 14.9 Å². The zero-order chi connectivity index (χ0) is 20.2. The molecule has 8 nitrogen and oxygen atoms in total. The lowest BCUT2D eigenvalue weighted by Gasteiger charge is -2.08. The summed E-state index contributed by atoms with van der Waals surface area (Å²) in [6.45, 7) is 0. The van der Waals surface area contributed by atoms with E-state index in [1.165, 1.54) is 24.4 Å². The third-order valence-electron chi connectivity index (χ3n) is 4.09. The molecule has 0 saturated heterocycles. The molecule has 8 heteroatoms. The van der Waals surface area contributed by atoms with Gasteiger partial charge in [-0.1, -0.05) is 18.2 Å². The van der Waals surface area contributed by atoms with Crippen molar-refractivity contribution < 1.29 is 14.5 Å². The number of amides is 1. The number of carbonyl (C=O) groups excluding carboxylic acids is 1. The number of nitro groups is 1. The van der Waals surface area contributed by atoms with E-state index in [9.17, 15) is 14.9 Å². The number of hydrogen-bond acceptors (Lipinski definition) is 6. The minimum atomic E-state index is -0.465. The van der Waals surface area contributed by atoms with Crippen LogP contribution in [0.5, 0.6) is 11.6 Å². The van der Waals surface area contributed by atoms with Gasteiger partial charge in [0, 0.05) is 35.3 Å². The van der Waals surface area contributed by atoms with Gasteiger partial charge in [0.15, 0.2) is 0 Å². The van der Waals surface area contributed by atoms with Gasteiger partial charge in [-0.25, -0.2) is 9.97 Å². The van der Waals surface area contributed by atoms with Crippen LogP contribution in [-0.4, -0.2) is 20.8 Å². The molecule has 0 aliphatic rings. The minimum Gasteiger partial charge on any atom is -0.439 e. The summed E-state index contributed by atoms with van der Waals surface area (Å²) in [6, 6.07) is 19.8. The number of nitrogens with zero attached hydrogens (tertiary/aromatic N) is 3. The first-order valence-corrected chi connectivity index (χ1v) is 8.64. The zero-order valence-electron chi connectivity index (χ0n) is 15.0. The van der Waals surface area contributed by atoms with E-state index in [4.69, 9.17) is 4.74 Å². The first kappa shape index (κ1) is 18.1. The number of rotatable bonds is 5. The van der Waals surface area contributed by atoms with Crippen LogP contribution in [0.15, 0.2) is 79.0 Å². The summed E-state index contributed by atoms with van der Waals surface area (Å²) in [7, 11) is 0. The van der Waals surface area contributed by atoms with E-state index < -0.39 is 4.92 Å². The summed E-state index contributed by atoms with van der Waals surface area (Å²) in [5, 5.41) is 14.2. The Morgan fingerprint density at radius 3 is 2.62 bits per heavy atom. The van der Waals surface area contributed by atoms with Gasteiger partial charge in [0.2, 0.25) is 5.88 Å². The highest BCUT2D eigenvalue weighted by Crippen LogP contribution is 2.22. The molecule has 1 amide bonds. The summed E-state index contributed by atoms with van der Waals surface area (Å²) in [4.78, 5) is 31.4. The number of non-ortho nitro benzene ring substituents is 1. The van der Waals surface area contributed by atoms with Crippen LogP contribution >= 0.6 is 0 Å². The van der Waals surface area contributed by atoms with Crippen molar-refractivity contribution in [3.05, 3.63) is 94.7 Å². The maximum atomic E-state index is 12.6.